The first kappa shape index (κ1) is 31.5. The number of nitrogens with one attached hydrogen (secondary N) is 1. The predicted molar refractivity (Wildman–Crippen MR) is 161 cm³/mol. The number of carbonyl (C=O) groups excluding carboxylic acids is 2. The van der Waals surface area contributed by atoms with Crippen molar-refractivity contribution in [1.82, 2.24) is 10.2 Å². The third kappa shape index (κ3) is 7.77. The lowest BCUT2D eigenvalue weighted by molar-refractivity contribution is -0.140. The number of benzene rings is 3. The average molecular weight is 605 g/mol. The summed E-state index contributed by atoms with van der Waals surface area (Å²) in [6.07, 6.45) is 0.321. The molecule has 40 heavy (non-hydrogen) atoms. The molecule has 0 heterocycles. The number of hydrogen-bond acceptors (Lipinski definition) is 4. The molecule has 2 amide bonds. The Hall–Kier alpha value is -3.07. The van der Waals surface area contributed by atoms with Gasteiger partial charge in [0.2, 0.25) is 11.8 Å². The Morgan fingerprint density at radius 1 is 0.925 bits per heavy atom. The molecule has 0 fully saturated rings. The summed E-state index contributed by atoms with van der Waals surface area (Å²) in [7, 11) is -4.17. The minimum Gasteiger partial charge on any atom is -0.354 e. The zero-order valence-corrected chi connectivity index (χ0v) is 25.4. The summed E-state index contributed by atoms with van der Waals surface area (Å²) in [5.41, 5.74) is 1.65. The monoisotopic (exact) mass is 603 g/mol. The topological polar surface area (TPSA) is 86.8 Å². The maximum Gasteiger partial charge on any atom is 0.264 e. The van der Waals surface area contributed by atoms with Gasteiger partial charge in [-0.3, -0.25) is 13.9 Å². The van der Waals surface area contributed by atoms with Crippen molar-refractivity contribution in [2.75, 3.05) is 17.4 Å². The molecular formula is C30H35Cl2N3O4S. The van der Waals surface area contributed by atoms with Crippen LogP contribution in [-0.4, -0.2) is 44.3 Å². The van der Waals surface area contributed by atoms with E-state index in [0.717, 1.165) is 9.87 Å². The largest absolute Gasteiger partial charge is 0.354 e. The quantitative estimate of drug-likeness (QED) is 0.272. The first-order valence-corrected chi connectivity index (χ1v) is 15.3. The molecule has 1 atom stereocenters. The lowest BCUT2D eigenvalue weighted by Gasteiger charge is -2.33. The molecule has 10 heteroatoms. The summed E-state index contributed by atoms with van der Waals surface area (Å²) >= 11 is 12.8. The molecule has 3 aromatic carbocycles. The molecule has 0 spiro atoms. The maximum atomic E-state index is 14.1. The molecular weight excluding hydrogens is 569 g/mol. The molecule has 0 bridgehead atoms. The Balaban J connectivity index is 2.07. The van der Waals surface area contributed by atoms with E-state index in [0.29, 0.717) is 28.6 Å². The van der Waals surface area contributed by atoms with E-state index >= 15 is 0 Å². The molecule has 0 aliphatic heterocycles. The summed E-state index contributed by atoms with van der Waals surface area (Å²) in [6, 6.07) is 18.9. The number of halogens is 2. The van der Waals surface area contributed by atoms with Crippen LogP contribution in [0.4, 0.5) is 5.69 Å². The number of aryl methyl sites for hydroxylation is 1. The van der Waals surface area contributed by atoms with Crippen molar-refractivity contribution in [3.05, 3.63) is 94.0 Å². The van der Waals surface area contributed by atoms with Crippen LogP contribution in [0.2, 0.25) is 10.0 Å². The van der Waals surface area contributed by atoms with Gasteiger partial charge in [0.1, 0.15) is 12.6 Å². The highest BCUT2D eigenvalue weighted by molar-refractivity contribution is 7.92. The fraction of sp³-hybridized carbons (Fsp3) is 0.333. The zero-order valence-electron chi connectivity index (χ0n) is 23.1. The predicted octanol–water partition coefficient (Wildman–Crippen LogP) is 6.08. The third-order valence-electron chi connectivity index (χ3n) is 6.42. The molecule has 7 nitrogen and oxygen atoms in total. The van der Waals surface area contributed by atoms with Gasteiger partial charge in [0.25, 0.3) is 10.0 Å². The van der Waals surface area contributed by atoms with E-state index in [-0.39, 0.29) is 29.0 Å². The number of sulfonamides is 1. The van der Waals surface area contributed by atoms with Gasteiger partial charge in [0.05, 0.1) is 10.6 Å². The van der Waals surface area contributed by atoms with Gasteiger partial charge in [-0.05, 0) is 60.7 Å². The normalized spacial score (nSPS) is 12.2. The summed E-state index contributed by atoms with van der Waals surface area (Å²) in [6.45, 7) is 7.50. The smallest absolute Gasteiger partial charge is 0.264 e. The number of rotatable bonds is 12. The molecule has 1 N–H and O–H groups in total. The van der Waals surface area contributed by atoms with Crippen molar-refractivity contribution in [2.24, 2.45) is 5.92 Å². The summed E-state index contributed by atoms with van der Waals surface area (Å²) in [5, 5.41) is 3.72. The van der Waals surface area contributed by atoms with Gasteiger partial charge in [-0.15, -0.1) is 0 Å². The van der Waals surface area contributed by atoms with E-state index < -0.39 is 28.5 Å². The molecule has 0 aromatic heterocycles. The van der Waals surface area contributed by atoms with E-state index in [9.17, 15) is 18.0 Å². The first-order chi connectivity index (χ1) is 18.9. The molecule has 0 aliphatic carbocycles. The molecule has 0 radical (unpaired) electrons. The van der Waals surface area contributed by atoms with E-state index in [4.69, 9.17) is 23.2 Å². The van der Waals surface area contributed by atoms with E-state index in [1.165, 1.54) is 23.1 Å². The Morgan fingerprint density at radius 2 is 1.57 bits per heavy atom. The van der Waals surface area contributed by atoms with Gasteiger partial charge < -0.3 is 10.2 Å². The van der Waals surface area contributed by atoms with Crippen LogP contribution in [0.5, 0.6) is 0 Å². The Labute approximate surface area is 247 Å². The van der Waals surface area contributed by atoms with Crippen LogP contribution >= 0.6 is 23.2 Å². The second-order valence-corrected chi connectivity index (χ2v) is 12.6. The van der Waals surface area contributed by atoms with Crippen molar-refractivity contribution in [3.63, 3.8) is 0 Å². The van der Waals surface area contributed by atoms with Crippen LogP contribution in [0, 0.1) is 12.8 Å². The SMILES string of the molecule is CC[C@@H](C(=O)NCC(C)C)N(Cc1ccccc1Cl)C(=O)CN(c1ccc(C)c(Cl)c1)S(=O)(=O)c1ccccc1. The van der Waals surface area contributed by atoms with E-state index in [1.807, 2.05) is 20.8 Å². The van der Waals surface area contributed by atoms with Crippen molar-refractivity contribution in [1.29, 1.82) is 0 Å². The van der Waals surface area contributed by atoms with Gasteiger partial charge in [0, 0.05) is 23.1 Å². The average Bonchev–Trinajstić information content (AvgIpc) is 2.93. The van der Waals surface area contributed by atoms with Gasteiger partial charge in [-0.25, -0.2) is 8.42 Å². The van der Waals surface area contributed by atoms with Crippen molar-refractivity contribution in [3.8, 4) is 0 Å². The highest BCUT2D eigenvalue weighted by Gasteiger charge is 2.34. The summed E-state index contributed by atoms with van der Waals surface area (Å²) < 4.78 is 28.8. The Kier molecular flexibility index (Phi) is 11.0. The highest BCUT2D eigenvalue weighted by atomic mass is 35.5. The molecule has 214 valence electrons. The molecule has 0 aliphatic rings. The minimum absolute atomic E-state index is 0.0267. The fourth-order valence-corrected chi connectivity index (χ4v) is 5.93. The second-order valence-electron chi connectivity index (χ2n) is 9.93. The highest BCUT2D eigenvalue weighted by Crippen LogP contribution is 2.29. The lowest BCUT2D eigenvalue weighted by atomic mass is 10.1. The second kappa shape index (κ2) is 14.0. The van der Waals surface area contributed by atoms with Crippen molar-refractivity contribution >= 4 is 50.7 Å². The number of anilines is 1. The Bertz CT molecular complexity index is 1430. The number of nitrogens with zero attached hydrogens (tertiary/aromatic N) is 2. The van der Waals surface area contributed by atoms with Gasteiger partial charge >= 0.3 is 0 Å². The number of carbonyl (C=O) groups is 2. The van der Waals surface area contributed by atoms with Crippen LogP contribution in [0.3, 0.4) is 0 Å². The first-order valence-electron chi connectivity index (χ1n) is 13.1. The Morgan fingerprint density at radius 3 is 2.17 bits per heavy atom. The van der Waals surface area contributed by atoms with Crippen molar-refractivity contribution < 1.29 is 18.0 Å². The van der Waals surface area contributed by atoms with Crippen LogP contribution in [0.1, 0.15) is 38.3 Å². The van der Waals surface area contributed by atoms with Crippen LogP contribution in [0.25, 0.3) is 0 Å². The van der Waals surface area contributed by atoms with Gasteiger partial charge in [-0.2, -0.15) is 0 Å². The number of hydrogen-bond donors (Lipinski definition) is 1. The maximum absolute atomic E-state index is 14.1. The zero-order chi connectivity index (χ0) is 29.4. The molecule has 0 saturated heterocycles. The molecule has 3 aromatic rings. The summed E-state index contributed by atoms with van der Waals surface area (Å²) in [4.78, 5) is 28.8. The standard InChI is InChI=1S/C30H35Cl2N3O4S/c1-5-28(30(37)33-18-21(2)3)34(19-23-11-9-10-14-26(23)31)29(36)20-35(24-16-15-22(4)27(32)17-24)40(38,39)25-12-7-6-8-13-25/h6-17,21,28H,5,18-20H2,1-4H3,(H,33,37)/t28-/m0/s1. The van der Waals surface area contributed by atoms with Crippen molar-refractivity contribution in [2.45, 2.75) is 51.6 Å². The molecule has 0 unspecified atom stereocenters. The van der Waals surface area contributed by atoms with Crippen LogP contribution in [0.15, 0.2) is 77.7 Å². The molecule has 3 rings (SSSR count). The van der Waals surface area contributed by atoms with E-state index in [1.54, 1.807) is 61.5 Å². The lowest BCUT2D eigenvalue weighted by Crippen LogP contribution is -2.52. The van der Waals surface area contributed by atoms with Gasteiger partial charge in [0.15, 0.2) is 0 Å². The van der Waals surface area contributed by atoms with E-state index in [2.05, 4.69) is 5.32 Å². The minimum atomic E-state index is -4.17. The number of amides is 2. The van der Waals surface area contributed by atoms with Crippen LogP contribution in [-0.2, 0) is 26.2 Å². The third-order valence-corrected chi connectivity index (χ3v) is 8.99. The van der Waals surface area contributed by atoms with Crippen LogP contribution < -0.4 is 9.62 Å². The van der Waals surface area contributed by atoms with Gasteiger partial charge in [-0.1, -0.05) is 86.4 Å². The summed E-state index contributed by atoms with van der Waals surface area (Å²) in [5.74, 6) is -0.651. The fourth-order valence-electron chi connectivity index (χ4n) is 4.14. The molecule has 0 saturated carbocycles.